The molecule has 0 unspecified atom stereocenters. The second kappa shape index (κ2) is 4.23. The maximum Gasteiger partial charge on any atom is 0.179 e. The molecule has 0 aliphatic heterocycles. The minimum Gasteiger partial charge on any atom is -0.387 e. The van der Waals surface area contributed by atoms with Gasteiger partial charge in [-0.05, 0) is 18.2 Å². The summed E-state index contributed by atoms with van der Waals surface area (Å²) in [6.45, 7) is 0. The third-order valence-corrected chi connectivity index (χ3v) is 1.92. The molecule has 0 atom stereocenters. The second-order valence-electron chi connectivity index (χ2n) is 2.50. The molecule has 1 aromatic carbocycles. The third kappa shape index (κ3) is 2.18. The van der Waals surface area contributed by atoms with Crippen LogP contribution in [0.5, 0.6) is 0 Å². The largest absolute Gasteiger partial charge is 0.387 e. The zero-order valence-electron chi connectivity index (χ0n) is 7.10. The normalized spacial score (nSPS) is 9.77. The zero-order chi connectivity index (χ0) is 9.84. The Labute approximate surface area is 80.7 Å². The molecule has 0 spiro atoms. The van der Waals surface area contributed by atoms with Crippen molar-refractivity contribution in [2.45, 2.75) is 0 Å². The van der Waals surface area contributed by atoms with Crippen molar-refractivity contribution >= 4 is 23.1 Å². The van der Waals surface area contributed by atoms with Crippen molar-refractivity contribution in [3.8, 4) is 0 Å². The molecule has 70 valence electrons. The van der Waals surface area contributed by atoms with Gasteiger partial charge in [0.15, 0.2) is 5.78 Å². The number of carbonyl (C=O) groups is 1. The van der Waals surface area contributed by atoms with Gasteiger partial charge in [0.05, 0.1) is 5.88 Å². The summed E-state index contributed by atoms with van der Waals surface area (Å²) in [4.78, 5) is 11.2. The lowest BCUT2D eigenvalue weighted by molar-refractivity contribution is 0.102. The summed E-state index contributed by atoms with van der Waals surface area (Å²) in [5, 5.41) is 2.73. The molecule has 0 bridgehead atoms. The molecule has 0 aliphatic carbocycles. The molecule has 0 saturated heterocycles. The summed E-state index contributed by atoms with van der Waals surface area (Å²) in [6.07, 6.45) is 0. The lowest BCUT2D eigenvalue weighted by Crippen LogP contribution is -2.05. The Morgan fingerprint density at radius 3 is 2.85 bits per heavy atom. The fourth-order valence-corrected chi connectivity index (χ4v) is 1.18. The molecule has 0 radical (unpaired) electrons. The predicted octanol–water partition coefficient (Wildman–Crippen LogP) is 2.29. The van der Waals surface area contributed by atoms with Gasteiger partial charge >= 0.3 is 0 Å². The topological polar surface area (TPSA) is 29.1 Å². The number of rotatable bonds is 3. The monoisotopic (exact) mass is 201 g/mol. The van der Waals surface area contributed by atoms with E-state index >= 15 is 0 Å². The lowest BCUT2D eigenvalue weighted by Gasteiger charge is -2.06. The van der Waals surface area contributed by atoms with Gasteiger partial charge in [0.1, 0.15) is 5.82 Å². The van der Waals surface area contributed by atoms with Crippen LogP contribution in [0.1, 0.15) is 10.4 Å². The van der Waals surface area contributed by atoms with Crippen molar-refractivity contribution in [1.82, 2.24) is 0 Å². The van der Waals surface area contributed by atoms with E-state index in [1.165, 1.54) is 18.2 Å². The molecule has 0 heterocycles. The van der Waals surface area contributed by atoms with E-state index in [9.17, 15) is 9.18 Å². The van der Waals surface area contributed by atoms with Gasteiger partial charge in [0.2, 0.25) is 0 Å². The Hall–Kier alpha value is -1.09. The highest BCUT2D eigenvalue weighted by molar-refractivity contribution is 6.31. The van der Waals surface area contributed by atoms with Gasteiger partial charge in [0, 0.05) is 18.3 Å². The summed E-state index contributed by atoms with van der Waals surface area (Å²) in [6, 6.07) is 3.92. The zero-order valence-corrected chi connectivity index (χ0v) is 7.86. The first-order valence-corrected chi connectivity index (χ1v) is 4.29. The van der Waals surface area contributed by atoms with E-state index in [2.05, 4.69) is 5.32 Å². The predicted molar refractivity (Wildman–Crippen MR) is 51.0 cm³/mol. The molecule has 1 aromatic rings. The molecule has 0 aliphatic rings. The van der Waals surface area contributed by atoms with Gasteiger partial charge in [-0.1, -0.05) is 0 Å². The number of halogens is 2. The minimum atomic E-state index is -0.379. The molecule has 13 heavy (non-hydrogen) atoms. The van der Waals surface area contributed by atoms with Crippen LogP contribution in [0, 0.1) is 5.82 Å². The highest BCUT2D eigenvalue weighted by Gasteiger charge is 2.09. The van der Waals surface area contributed by atoms with Crippen LogP contribution in [0.3, 0.4) is 0 Å². The van der Waals surface area contributed by atoms with Crippen molar-refractivity contribution in [1.29, 1.82) is 0 Å². The molecule has 1 N–H and O–H groups in total. The first-order valence-electron chi connectivity index (χ1n) is 3.75. The number of benzene rings is 1. The van der Waals surface area contributed by atoms with Gasteiger partial charge < -0.3 is 5.32 Å². The van der Waals surface area contributed by atoms with Crippen molar-refractivity contribution < 1.29 is 9.18 Å². The van der Waals surface area contributed by atoms with Gasteiger partial charge in [0.25, 0.3) is 0 Å². The van der Waals surface area contributed by atoms with Crippen LogP contribution in [0.2, 0.25) is 0 Å². The van der Waals surface area contributed by atoms with E-state index in [4.69, 9.17) is 11.6 Å². The summed E-state index contributed by atoms with van der Waals surface area (Å²) in [5.74, 6) is -0.693. The molecule has 1 rings (SSSR count). The summed E-state index contributed by atoms with van der Waals surface area (Å²) in [5.41, 5.74) is 0.879. The van der Waals surface area contributed by atoms with Crippen molar-refractivity contribution in [2.24, 2.45) is 0 Å². The Balaban J connectivity index is 3.13. The number of hydrogen-bond acceptors (Lipinski definition) is 2. The fourth-order valence-electron chi connectivity index (χ4n) is 1.04. The van der Waals surface area contributed by atoms with E-state index in [0.29, 0.717) is 11.3 Å². The number of anilines is 1. The van der Waals surface area contributed by atoms with E-state index < -0.39 is 0 Å². The average Bonchev–Trinajstić information content (AvgIpc) is 2.16. The number of hydrogen-bond donors (Lipinski definition) is 1. The number of Topliss-reactive ketones (excluding diaryl/α,β-unsaturated/α-hetero) is 1. The first kappa shape index (κ1) is 9.99. The van der Waals surface area contributed by atoms with Crippen LogP contribution >= 0.6 is 11.6 Å². The summed E-state index contributed by atoms with van der Waals surface area (Å²) < 4.78 is 12.7. The van der Waals surface area contributed by atoms with Gasteiger partial charge in [-0.25, -0.2) is 4.39 Å². The highest BCUT2D eigenvalue weighted by atomic mass is 35.5. The van der Waals surface area contributed by atoms with E-state index in [-0.39, 0.29) is 17.5 Å². The van der Waals surface area contributed by atoms with Crippen molar-refractivity contribution in [2.75, 3.05) is 18.2 Å². The molecular formula is C9H9ClFNO. The molecule has 0 amide bonds. The quantitative estimate of drug-likeness (QED) is 0.601. The fraction of sp³-hybridized carbons (Fsp3) is 0.222. The summed E-state index contributed by atoms with van der Waals surface area (Å²) >= 11 is 5.38. The number of alkyl halides is 1. The number of ketones is 1. The number of nitrogens with one attached hydrogen (secondary N) is 1. The Morgan fingerprint density at radius 1 is 1.62 bits per heavy atom. The standard InChI is InChI=1S/C9H9ClFNO/c1-12-8-4-6(11)2-3-7(8)9(13)5-10/h2-4,12H,5H2,1H3. The van der Waals surface area contributed by atoms with Crippen LogP contribution < -0.4 is 5.32 Å². The van der Waals surface area contributed by atoms with E-state index in [1.54, 1.807) is 7.05 Å². The van der Waals surface area contributed by atoms with Gasteiger partial charge in [-0.2, -0.15) is 0 Å². The maximum atomic E-state index is 12.7. The third-order valence-electron chi connectivity index (χ3n) is 1.67. The van der Waals surface area contributed by atoms with E-state index in [1.807, 2.05) is 0 Å². The molecule has 0 saturated carbocycles. The van der Waals surface area contributed by atoms with Crippen LogP contribution in [-0.2, 0) is 0 Å². The Kier molecular flexibility index (Phi) is 3.25. The van der Waals surface area contributed by atoms with E-state index in [0.717, 1.165) is 0 Å². The van der Waals surface area contributed by atoms with Crippen molar-refractivity contribution in [3.63, 3.8) is 0 Å². The van der Waals surface area contributed by atoms with Crippen LogP contribution in [0.4, 0.5) is 10.1 Å². The highest BCUT2D eigenvalue weighted by Crippen LogP contribution is 2.17. The SMILES string of the molecule is CNc1cc(F)ccc1C(=O)CCl. The second-order valence-corrected chi connectivity index (χ2v) is 2.76. The maximum absolute atomic E-state index is 12.7. The van der Waals surface area contributed by atoms with Gasteiger partial charge in [-0.15, -0.1) is 11.6 Å². The van der Waals surface area contributed by atoms with Crippen LogP contribution in [0.15, 0.2) is 18.2 Å². The molecule has 4 heteroatoms. The molecule has 2 nitrogen and oxygen atoms in total. The van der Waals surface area contributed by atoms with Crippen molar-refractivity contribution in [3.05, 3.63) is 29.6 Å². The first-order chi connectivity index (χ1) is 6.19. The summed E-state index contributed by atoms with van der Waals surface area (Å²) in [7, 11) is 1.62. The Morgan fingerprint density at radius 2 is 2.31 bits per heavy atom. The minimum absolute atomic E-state index is 0.0969. The Bertz CT molecular complexity index is 327. The lowest BCUT2D eigenvalue weighted by atomic mass is 10.1. The van der Waals surface area contributed by atoms with Crippen LogP contribution in [0.25, 0.3) is 0 Å². The van der Waals surface area contributed by atoms with Gasteiger partial charge in [-0.3, -0.25) is 4.79 Å². The van der Waals surface area contributed by atoms with Crippen LogP contribution in [-0.4, -0.2) is 18.7 Å². The number of carbonyl (C=O) groups excluding carboxylic acids is 1. The molecular weight excluding hydrogens is 193 g/mol. The molecule has 0 aromatic heterocycles. The molecule has 0 fully saturated rings. The smallest absolute Gasteiger partial charge is 0.179 e. The average molecular weight is 202 g/mol.